The second-order valence-corrected chi connectivity index (χ2v) is 7.60. The van der Waals surface area contributed by atoms with Crippen LogP contribution in [0.3, 0.4) is 0 Å². The van der Waals surface area contributed by atoms with Gasteiger partial charge < -0.3 is 9.64 Å². The number of fused-ring (bicyclic) bond motifs is 1. The van der Waals surface area contributed by atoms with Crippen molar-refractivity contribution in [2.45, 2.75) is 39.2 Å². The molecule has 0 saturated heterocycles. The van der Waals surface area contributed by atoms with E-state index in [0.717, 1.165) is 12.0 Å². The monoisotopic (exact) mass is 356 g/mol. The lowest BCUT2D eigenvalue weighted by Crippen LogP contribution is -2.39. The van der Waals surface area contributed by atoms with Gasteiger partial charge in [-0.2, -0.15) is 0 Å². The van der Waals surface area contributed by atoms with E-state index >= 15 is 0 Å². The molecule has 0 aromatic heterocycles. The predicted molar refractivity (Wildman–Crippen MR) is 96.9 cm³/mol. The molecular weight excluding hydrogens is 332 g/mol. The molecule has 0 saturated carbocycles. The van der Waals surface area contributed by atoms with Crippen molar-refractivity contribution in [1.29, 1.82) is 0 Å². The van der Waals surface area contributed by atoms with Crippen LogP contribution in [0.5, 0.6) is 0 Å². The van der Waals surface area contributed by atoms with Crippen LogP contribution < -0.4 is 0 Å². The molecule has 2 aliphatic heterocycles. The zero-order chi connectivity index (χ0) is 18.9. The van der Waals surface area contributed by atoms with Gasteiger partial charge in [0.25, 0.3) is 11.8 Å². The lowest BCUT2D eigenvalue weighted by atomic mass is 10.0. The van der Waals surface area contributed by atoms with Gasteiger partial charge in [0, 0.05) is 19.6 Å². The zero-order valence-corrected chi connectivity index (χ0v) is 15.4. The van der Waals surface area contributed by atoms with Crippen molar-refractivity contribution in [2.24, 2.45) is 0 Å². The first-order valence-corrected chi connectivity index (χ1v) is 8.87. The lowest BCUT2D eigenvalue weighted by molar-refractivity contribution is 0.0265. The molecule has 2 aliphatic rings. The van der Waals surface area contributed by atoms with Crippen molar-refractivity contribution >= 4 is 17.9 Å². The van der Waals surface area contributed by atoms with Crippen molar-refractivity contribution in [3.05, 3.63) is 47.0 Å². The Bertz CT molecular complexity index is 741. The van der Waals surface area contributed by atoms with Gasteiger partial charge in [0.2, 0.25) is 0 Å². The second kappa shape index (κ2) is 6.94. The van der Waals surface area contributed by atoms with Crippen LogP contribution in [-0.4, -0.2) is 52.9 Å². The van der Waals surface area contributed by atoms with Crippen LogP contribution in [0.1, 0.15) is 54.3 Å². The quantitative estimate of drug-likeness (QED) is 0.616. The van der Waals surface area contributed by atoms with E-state index in [2.05, 4.69) is 0 Å². The van der Waals surface area contributed by atoms with Crippen LogP contribution in [0.2, 0.25) is 0 Å². The Kier molecular flexibility index (Phi) is 4.85. The molecule has 0 spiro atoms. The fourth-order valence-electron chi connectivity index (χ4n) is 3.13. The van der Waals surface area contributed by atoms with Crippen LogP contribution in [0, 0.1) is 0 Å². The number of hydrogen-bond acceptors (Lipinski definition) is 4. The maximum atomic E-state index is 12.4. The summed E-state index contributed by atoms with van der Waals surface area (Å²) in [7, 11) is 0. The summed E-state index contributed by atoms with van der Waals surface area (Å²) in [4.78, 5) is 39.8. The van der Waals surface area contributed by atoms with E-state index in [-0.39, 0.29) is 17.9 Å². The van der Waals surface area contributed by atoms with Crippen molar-refractivity contribution in [3.63, 3.8) is 0 Å². The van der Waals surface area contributed by atoms with Gasteiger partial charge in [0.05, 0.1) is 11.1 Å². The van der Waals surface area contributed by atoms with Gasteiger partial charge in [-0.3, -0.25) is 14.5 Å². The summed E-state index contributed by atoms with van der Waals surface area (Å²) in [6.45, 7) is 6.98. The maximum Gasteiger partial charge on any atom is 0.410 e. The molecule has 0 atom stereocenters. The molecule has 6 heteroatoms. The van der Waals surface area contributed by atoms with Gasteiger partial charge in [-0.15, -0.1) is 0 Å². The fraction of sp³-hybridized carbons (Fsp3) is 0.450. The Hall–Kier alpha value is -2.63. The van der Waals surface area contributed by atoms with Crippen LogP contribution in [-0.2, 0) is 4.74 Å². The molecule has 2 heterocycles. The molecule has 0 N–H and O–H groups in total. The highest BCUT2D eigenvalue weighted by Crippen LogP contribution is 2.24. The smallest absolute Gasteiger partial charge is 0.410 e. The van der Waals surface area contributed by atoms with Crippen LogP contribution >= 0.6 is 0 Å². The number of rotatable bonds is 3. The third-order valence-corrected chi connectivity index (χ3v) is 4.49. The highest BCUT2D eigenvalue weighted by molar-refractivity contribution is 6.21. The Morgan fingerprint density at radius 3 is 2.23 bits per heavy atom. The molecular formula is C20H24N2O4. The molecule has 138 valence electrons. The Morgan fingerprint density at radius 2 is 1.73 bits per heavy atom. The van der Waals surface area contributed by atoms with Gasteiger partial charge in [-0.1, -0.05) is 23.8 Å². The first kappa shape index (κ1) is 18.2. The molecule has 3 amide bonds. The lowest BCUT2D eigenvalue weighted by Gasteiger charge is -2.29. The number of carbonyl (C=O) groups excluding carboxylic acids is 3. The molecule has 0 radical (unpaired) electrons. The topological polar surface area (TPSA) is 66.9 Å². The summed E-state index contributed by atoms with van der Waals surface area (Å²) >= 11 is 0. The predicted octanol–water partition coefficient (Wildman–Crippen LogP) is 3.24. The van der Waals surface area contributed by atoms with E-state index in [0.29, 0.717) is 37.2 Å². The SMILES string of the molecule is CC(C)(C)OC(=O)N1CC=C(CCN2C(=O)c3ccccc3C2=O)CC1. The molecule has 0 aliphatic carbocycles. The summed E-state index contributed by atoms with van der Waals surface area (Å²) in [5, 5.41) is 0. The molecule has 1 aromatic carbocycles. The number of carbonyl (C=O) groups is 3. The van der Waals surface area contributed by atoms with Gasteiger partial charge in [0.1, 0.15) is 5.60 Å². The molecule has 0 bridgehead atoms. The van der Waals surface area contributed by atoms with Crippen LogP contribution in [0.25, 0.3) is 0 Å². The number of ether oxygens (including phenoxy) is 1. The third-order valence-electron chi connectivity index (χ3n) is 4.49. The number of hydrogen-bond donors (Lipinski definition) is 0. The maximum absolute atomic E-state index is 12.4. The van der Waals surface area contributed by atoms with E-state index in [1.165, 1.54) is 4.90 Å². The van der Waals surface area contributed by atoms with Crippen molar-refractivity contribution in [3.8, 4) is 0 Å². The van der Waals surface area contributed by atoms with Gasteiger partial charge in [0.15, 0.2) is 0 Å². The van der Waals surface area contributed by atoms with E-state index in [9.17, 15) is 14.4 Å². The zero-order valence-electron chi connectivity index (χ0n) is 15.4. The van der Waals surface area contributed by atoms with Crippen molar-refractivity contribution < 1.29 is 19.1 Å². The summed E-state index contributed by atoms with van der Waals surface area (Å²) in [6.07, 6.45) is 3.04. The molecule has 0 unspecified atom stereocenters. The first-order chi connectivity index (χ1) is 12.3. The Labute approximate surface area is 153 Å². The van der Waals surface area contributed by atoms with Gasteiger partial charge in [-0.05, 0) is 45.7 Å². The van der Waals surface area contributed by atoms with E-state index in [1.54, 1.807) is 29.2 Å². The standard InChI is InChI=1S/C20H24N2O4/c1-20(2,3)26-19(25)21-11-8-14(9-12-21)10-13-22-17(23)15-6-4-5-7-16(15)18(22)24/h4-8H,9-13H2,1-3H3. The largest absolute Gasteiger partial charge is 0.444 e. The average Bonchev–Trinajstić information content (AvgIpc) is 2.83. The Balaban J connectivity index is 1.55. The Morgan fingerprint density at radius 1 is 1.12 bits per heavy atom. The van der Waals surface area contributed by atoms with Crippen molar-refractivity contribution in [1.82, 2.24) is 9.80 Å². The molecule has 6 nitrogen and oxygen atoms in total. The van der Waals surface area contributed by atoms with Gasteiger partial charge in [-0.25, -0.2) is 4.79 Å². The average molecular weight is 356 g/mol. The van der Waals surface area contributed by atoms with Crippen molar-refractivity contribution in [2.75, 3.05) is 19.6 Å². The van der Waals surface area contributed by atoms with E-state index in [1.807, 2.05) is 26.8 Å². The summed E-state index contributed by atoms with van der Waals surface area (Å²) in [5.41, 5.74) is 1.60. The van der Waals surface area contributed by atoms with E-state index < -0.39 is 5.60 Å². The number of imide groups is 1. The normalized spacial score (nSPS) is 17.3. The minimum atomic E-state index is -0.507. The second-order valence-electron chi connectivity index (χ2n) is 7.60. The summed E-state index contributed by atoms with van der Waals surface area (Å²) < 4.78 is 5.38. The summed E-state index contributed by atoms with van der Waals surface area (Å²) in [5.74, 6) is -0.449. The summed E-state index contributed by atoms with van der Waals surface area (Å²) in [6, 6.07) is 6.91. The molecule has 1 aromatic rings. The van der Waals surface area contributed by atoms with Crippen LogP contribution in [0.15, 0.2) is 35.9 Å². The third kappa shape index (κ3) is 3.79. The minimum absolute atomic E-state index is 0.225. The molecule has 3 rings (SSSR count). The number of nitrogens with zero attached hydrogens (tertiary/aromatic N) is 2. The minimum Gasteiger partial charge on any atom is -0.444 e. The number of amides is 3. The highest BCUT2D eigenvalue weighted by atomic mass is 16.6. The van der Waals surface area contributed by atoms with E-state index in [4.69, 9.17) is 4.74 Å². The van der Waals surface area contributed by atoms with Crippen LogP contribution in [0.4, 0.5) is 4.79 Å². The highest BCUT2D eigenvalue weighted by Gasteiger charge is 2.34. The fourth-order valence-corrected chi connectivity index (χ4v) is 3.13. The first-order valence-electron chi connectivity index (χ1n) is 8.87. The number of benzene rings is 1. The van der Waals surface area contributed by atoms with Gasteiger partial charge >= 0.3 is 6.09 Å². The molecule has 26 heavy (non-hydrogen) atoms. The molecule has 0 fully saturated rings.